The van der Waals surface area contributed by atoms with Gasteiger partial charge in [-0.05, 0) is 52.7 Å². The maximum Gasteiger partial charge on any atom is 0.264 e. The van der Waals surface area contributed by atoms with Crippen LogP contribution in [0.1, 0.15) is 5.56 Å². The fourth-order valence-electron chi connectivity index (χ4n) is 1.67. The molecule has 20 heavy (non-hydrogen) atoms. The molecular formula is C13H12BrClN2O2S. The van der Waals surface area contributed by atoms with Crippen molar-refractivity contribution in [1.82, 2.24) is 0 Å². The molecule has 3 N–H and O–H groups in total. The number of anilines is 2. The van der Waals surface area contributed by atoms with Gasteiger partial charge in [-0.15, -0.1) is 0 Å². The van der Waals surface area contributed by atoms with Crippen molar-refractivity contribution in [2.75, 3.05) is 10.5 Å². The maximum atomic E-state index is 12.4. The first kappa shape index (κ1) is 15.2. The summed E-state index contributed by atoms with van der Waals surface area (Å²) in [7, 11) is -3.80. The van der Waals surface area contributed by atoms with Crippen LogP contribution in [0.4, 0.5) is 11.4 Å². The van der Waals surface area contributed by atoms with Crippen LogP contribution in [0.5, 0.6) is 0 Å². The van der Waals surface area contributed by atoms with E-state index >= 15 is 0 Å². The second-order valence-electron chi connectivity index (χ2n) is 4.22. The van der Waals surface area contributed by atoms with Crippen molar-refractivity contribution >= 4 is 48.9 Å². The van der Waals surface area contributed by atoms with E-state index in [1.807, 2.05) is 13.0 Å². The number of rotatable bonds is 3. The van der Waals surface area contributed by atoms with Crippen LogP contribution in [0.25, 0.3) is 0 Å². The topological polar surface area (TPSA) is 72.2 Å². The first-order valence-electron chi connectivity index (χ1n) is 5.64. The summed E-state index contributed by atoms with van der Waals surface area (Å²) in [6.45, 7) is 1.87. The smallest absolute Gasteiger partial charge is 0.264 e. The minimum atomic E-state index is -3.80. The van der Waals surface area contributed by atoms with Crippen molar-refractivity contribution in [3.05, 3.63) is 51.5 Å². The number of nitrogens with one attached hydrogen (secondary N) is 1. The van der Waals surface area contributed by atoms with Crippen molar-refractivity contribution in [3.63, 3.8) is 0 Å². The Hall–Kier alpha value is -1.24. The van der Waals surface area contributed by atoms with Crippen molar-refractivity contribution in [2.24, 2.45) is 0 Å². The van der Waals surface area contributed by atoms with Gasteiger partial charge in [0.25, 0.3) is 10.0 Å². The first-order valence-corrected chi connectivity index (χ1v) is 8.29. The van der Waals surface area contributed by atoms with Gasteiger partial charge in [0.15, 0.2) is 0 Å². The number of hydrogen-bond acceptors (Lipinski definition) is 3. The van der Waals surface area contributed by atoms with Crippen LogP contribution in [0.15, 0.2) is 45.8 Å². The van der Waals surface area contributed by atoms with Crippen LogP contribution in [0.3, 0.4) is 0 Å². The molecule has 0 saturated heterocycles. The highest BCUT2D eigenvalue weighted by Gasteiger charge is 2.19. The van der Waals surface area contributed by atoms with Gasteiger partial charge < -0.3 is 5.73 Å². The van der Waals surface area contributed by atoms with Gasteiger partial charge >= 0.3 is 0 Å². The summed E-state index contributed by atoms with van der Waals surface area (Å²) < 4.78 is 27.9. The first-order chi connectivity index (χ1) is 9.31. The molecule has 0 spiro atoms. The Balaban J connectivity index is 2.46. The molecule has 0 aliphatic rings. The molecule has 0 amide bonds. The van der Waals surface area contributed by atoms with Gasteiger partial charge in [0, 0.05) is 9.50 Å². The van der Waals surface area contributed by atoms with Crippen molar-refractivity contribution in [2.45, 2.75) is 11.8 Å². The largest absolute Gasteiger partial charge is 0.398 e. The van der Waals surface area contributed by atoms with E-state index < -0.39 is 10.0 Å². The van der Waals surface area contributed by atoms with Gasteiger partial charge in [-0.2, -0.15) is 0 Å². The normalized spacial score (nSPS) is 11.3. The highest BCUT2D eigenvalue weighted by atomic mass is 79.9. The molecule has 2 aromatic rings. The highest BCUT2D eigenvalue weighted by Crippen LogP contribution is 2.30. The lowest BCUT2D eigenvalue weighted by Crippen LogP contribution is -2.15. The second-order valence-corrected chi connectivity index (χ2v) is 7.10. The van der Waals surface area contributed by atoms with E-state index in [1.165, 1.54) is 12.1 Å². The van der Waals surface area contributed by atoms with E-state index in [9.17, 15) is 8.42 Å². The average Bonchev–Trinajstić information content (AvgIpc) is 2.37. The summed E-state index contributed by atoms with van der Waals surface area (Å²) in [4.78, 5) is -0.0431. The Kier molecular flexibility index (Phi) is 4.27. The van der Waals surface area contributed by atoms with E-state index in [2.05, 4.69) is 20.7 Å². The Morgan fingerprint density at radius 3 is 2.65 bits per heavy atom. The number of hydrogen-bond donors (Lipinski definition) is 2. The van der Waals surface area contributed by atoms with Gasteiger partial charge in [0.1, 0.15) is 4.90 Å². The molecule has 0 radical (unpaired) electrons. The summed E-state index contributed by atoms with van der Waals surface area (Å²) >= 11 is 9.18. The van der Waals surface area contributed by atoms with E-state index in [4.69, 9.17) is 17.3 Å². The van der Waals surface area contributed by atoms with E-state index in [0.29, 0.717) is 15.2 Å². The molecule has 0 unspecified atom stereocenters. The Morgan fingerprint density at radius 2 is 1.95 bits per heavy atom. The van der Waals surface area contributed by atoms with Crippen LogP contribution < -0.4 is 10.5 Å². The molecule has 0 atom stereocenters. The number of nitrogen functional groups attached to an aromatic ring is 1. The van der Waals surface area contributed by atoms with Gasteiger partial charge in [-0.1, -0.05) is 23.7 Å². The summed E-state index contributed by atoms with van der Waals surface area (Å²) in [5.74, 6) is 0. The van der Waals surface area contributed by atoms with Crippen LogP contribution >= 0.6 is 27.5 Å². The monoisotopic (exact) mass is 374 g/mol. The molecule has 106 valence electrons. The second kappa shape index (κ2) is 5.63. The Morgan fingerprint density at radius 1 is 1.25 bits per heavy atom. The lowest BCUT2D eigenvalue weighted by molar-refractivity contribution is 0.601. The van der Waals surface area contributed by atoms with Gasteiger partial charge in [-0.25, -0.2) is 8.42 Å². The maximum absolute atomic E-state index is 12.4. The van der Waals surface area contributed by atoms with Crippen molar-refractivity contribution < 1.29 is 8.42 Å². The standard InChI is InChI=1S/C13H12BrClN2O2S/c1-8-3-2-4-11(13(8)14)17-20(18,19)12-7-9(15)5-6-10(12)16/h2-7,17H,16H2,1H3. The molecule has 2 rings (SSSR count). The Labute approximate surface area is 131 Å². The van der Waals surface area contributed by atoms with Crippen LogP contribution in [-0.2, 0) is 10.0 Å². The lowest BCUT2D eigenvalue weighted by Gasteiger charge is -2.12. The molecule has 7 heteroatoms. The van der Waals surface area contributed by atoms with Crippen LogP contribution in [0, 0.1) is 6.92 Å². The van der Waals surface area contributed by atoms with Gasteiger partial charge in [0.05, 0.1) is 11.4 Å². The number of benzene rings is 2. The molecule has 4 nitrogen and oxygen atoms in total. The summed E-state index contributed by atoms with van der Waals surface area (Å²) in [6, 6.07) is 9.62. The fraction of sp³-hybridized carbons (Fsp3) is 0.0769. The number of sulfonamides is 1. The van der Waals surface area contributed by atoms with Gasteiger partial charge in [0.2, 0.25) is 0 Å². The van der Waals surface area contributed by atoms with Crippen molar-refractivity contribution in [3.8, 4) is 0 Å². The average molecular weight is 376 g/mol. The Bertz CT molecular complexity index is 763. The van der Waals surface area contributed by atoms with Crippen LogP contribution in [0.2, 0.25) is 5.02 Å². The SMILES string of the molecule is Cc1cccc(NS(=O)(=O)c2cc(Cl)ccc2N)c1Br. The minimum absolute atomic E-state index is 0.0431. The fourth-order valence-corrected chi connectivity index (χ4v) is 3.63. The third-order valence-electron chi connectivity index (χ3n) is 2.70. The number of nitrogens with two attached hydrogens (primary N) is 1. The zero-order valence-corrected chi connectivity index (χ0v) is 13.7. The quantitative estimate of drug-likeness (QED) is 0.802. The lowest BCUT2D eigenvalue weighted by atomic mass is 10.2. The highest BCUT2D eigenvalue weighted by molar-refractivity contribution is 9.10. The molecular weight excluding hydrogens is 364 g/mol. The zero-order valence-electron chi connectivity index (χ0n) is 10.5. The summed E-state index contributed by atoms with van der Waals surface area (Å²) in [6.07, 6.45) is 0. The third-order valence-corrected chi connectivity index (χ3v) is 5.41. The van der Waals surface area contributed by atoms with Crippen molar-refractivity contribution in [1.29, 1.82) is 0 Å². The molecule has 2 aromatic carbocycles. The molecule has 0 aliphatic heterocycles. The number of halogens is 2. The summed E-state index contributed by atoms with van der Waals surface area (Å²) in [5, 5.41) is 0.308. The van der Waals surface area contributed by atoms with Crippen LogP contribution in [-0.4, -0.2) is 8.42 Å². The van der Waals surface area contributed by atoms with Gasteiger partial charge in [-0.3, -0.25) is 4.72 Å². The molecule has 0 fully saturated rings. The van der Waals surface area contributed by atoms with E-state index in [1.54, 1.807) is 18.2 Å². The van der Waals surface area contributed by atoms with E-state index in [0.717, 1.165) is 5.56 Å². The predicted molar refractivity (Wildman–Crippen MR) is 85.6 cm³/mol. The third kappa shape index (κ3) is 3.08. The summed E-state index contributed by atoms with van der Waals surface area (Å²) in [5.41, 5.74) is 7.22. The molecule has 0 bridgehead atoms. The molecule has 0 aromatic heterocycles. The molecule has 0 saturated carbocycles. The minimum Gasteiger partial charge on any atom is -0.398 e. The predicted octanol–water partition coefficient (Wildman–Crippen LogP) is 3.79. The zero-order chi connectivity index (χ0) is 14.9. The molecule has 0 heterocycles. The molecule has 0 aliphatic carbocycles. The number of aryl methyl sites for hydroxylation is 1. The van der Waals surface area contributed by atoms with E-state index in [-0.39, 0.29) is 10.6 Å².